The highest BCUT2D eigenvalue weighted by molar-refractivity contribution is 5.79. The van der Waals surface area contributed by atoms with Gasteiger partial charge in [0.1, 0.15) is 0 Å². The van der Waals surface area contributed by atoms with E-state index in [0.29, 0.717) is 5.92 Å². The number of nitrogens with one attached hydrogen (secondary N) is 1. The molecule has 2 unspecified atom stereocenters. The maximum absolute atomic E-state index is 3.62. The normalized spacial score (nSPS) is 20.6. The van der Waals surface area contributed by atoms with Crippen LogP contribution in [0.25, 0.3) is 22.3 Å². The van der Waals surface area contributed by atoms with Gasteiger partial charge in [-0.2, -0.15) is 0 Å². The van der Waals surface area contributed by atoms with Crippen molar-refractivity contribution in [2.75, 3.05) is 5.32 Å². The van der Waals surface area contributed by atoms with Crippen LogP contribution in [0.5, 0.6) is 0 Å². The first-order valence-electron chi connectivity index (χ1n) is 13.0. The van der Waals surface area contributed by atoms with E-state index in [4.69, 9.17) is 0 Å². The quantitative estimate of drug-likeness (QED) is 0.269. The van der Waals surface area contributed by atoms with Crippen molar-refractivity contribution in [1.82, 2.24) is 0 Å². The maximum atomic E-state index is 3.62. The van der Waals surface area contributed by atoms with Crippen molar-refractivity contribution < 1.29 is 0 Å². The van der Waals surface area contributed by atoms with Gasteiger partial charge in [0.25, 0.3) is 0 Å². The lowest BCUT2D eigenvalue weighted by molar-refractivity contribution is 0.301. The fourth-order valence-corrected chi connectivity index (χ4v) is 6.88. The summed E-state index contributed by atoms with van der Waals surface area (Å²) in [5.41, 5.74) is 13.8. The Bertz CT molecular complexity index is 1470. The molecule has 1 heteroatoms. The summed E-state index contributed by atoms with van der Waals surface area (Å²) in [5.74, 6) is 1.32. The molecule has 7 rings (SSSR count). The standard InChI is InChI=1S/C34H31N/c1-34(2)32-10-6-5-9-30(32)31-17-13-23(21-33(31)34)22-11-14-26(15-12-22)35-27-16-18-29-25(20-27)19-24-7-3-4-8-28(24)29/h3-5,7-9,11-18,20-21,30,32,35H,6,10,19H2,1-2H3. The summed E-state index contributed by atoms with van der Waals surface area (Å²) in [5, 5.41) is 3.62. The first kappa shape index (κ1) is 20.8. The average Bonchev–Trinajstić information content (AvgIpc) is 3.37. The van der Waals surface area contributed by atoms with Crippen molar-refractivity contribution in [3.8, 4) is 22.3 Å². The summed E-state index contributed by atoms with van der Waals surface area (Å²) in [6.45, 7) is 4.89. The Morgan fingerprint density at radius 3 is 2.40 bits per heavy atom. The third-order valence-corrected chi connectivity index (χ3v) is 8.76. The van der Waals surface area contributed by atoms with Crippen molar-refractivity contribution in [1.29, 1.82) is 0 Å². The number of anilines is 2. The van der Waals surface area contributed by atoms with Crippen LogP contribution in [0, 0.1) is 5.92 Å². The second-order valence-corrected chi connectivity index (χ2v) is 11.1. The van der Waals surface area contributed by atoms with Crippen molar-refractivity contribution in [3.63, 3.8) is 0 Å². The molecule has 0 spiro atoms. The summed E-state index contributed by atoms with van der Waals surface area (Å²) in [7, 11) is 0. The molecule has 0 saturated carbocycles. The van der Waals surface area contributed by atoms with Gasteiger partial charge in [0.05, 0.1) is 0 Å². The first-order chi connectivity index (χ1) is 17.1. The predicted octanol–water partition coefficient (Wildman–Crippen LogP) is 9.01. The van der Waals surface area contributed by atoms with Gasteiger partial charge in [-0.3, -0.25) is 0 Å². The smallest absolute Gasteiger partial charge is 0.0387 e. The van der Waals surface area contributed by atoms with Gasteiger partial charge in [0, 0.05) is 17.3 Å². The van der Waals surface area contributed by atoms with Crippen LogP contribution in [0.4, 0.5) is 11.4 Å². The number of fused-ring (bicyclic) bond motifs is 6. The molecule has 1 N–H and O–H groups in total. The Labute approximate surface area is 208 Å². The Morgan fingerprint density at radius 1 is 0.743 bits per heavy atom. The van der Waals surface area contributed by atoms with E-state index >= 15 is 0 Å². The molecule has 4 aromatic rings. The van der Waals surface area contributed by atoms with Gasteiger partial charge in [0.15, 0.2) is 0 Å². The topological polar surface area (TPSA) is 12.0 Å². The molecule has 4 aromatic carbocycles. The van der Waals surface area contributed by atoms with Crippen LogP contribution in [-0.2, 0) is 11.8 Å². The van der Waals surface area contributed by atoms with Gasteiger partial charge in [-0.05, 0) is 99.4 Å². The molecule has 0 bridgehead atoms. The molecule has 3 aliphatic carbocycles. The Hall–Kier alpha value is -3.58. The van der Waals surface area contributed by atoms with Crippen molar-refractivity contribution in [3.05, 3.63) is 119 Å². The molecule has 0 saturated heterocycles. The molecule has 0 fully saturated rings. The summed E-state index contributed by atoms with van der Waals surface area (Å²) < 4.78 is 0. The van der Waals surface area contributed by atoms with Gasteiger partial charge < -0.3 is 5.32 Å². The molecular formula is C34H31N. The minimum atomic E-state index is 0.232. The van der Waals surface area contributed by atoms with Crippen LogP contribution < -0.4 is 5.32 Å². The van der Waals surface area contributed by atoms with Crippen LogP contribution in [0.1, 0.15) is 54.9 Å². The lowest BCUT2D eigenvalue weighted by atomic mass is 9.72. The fourth-order valence-electron chi connectivity index (χ4n) is 6.88. The number of rotatable bonds is 3. The third kappa shape index (κ3) is 3.29. The largest absolute Gasteiger partial charge is 0.356 e. The van der Waals surface area contributed by atoms with Gasteiger partial charge in [-0.25, -0.2) is 0 Å². The van der Waals surface area contributed by atoms with E-state index in [-0.39, 0.29) is 5.41 Å². The van der Waals surface area contributed by atoms with E-state index in [9.17, 15) is 0 Å². The highest BCUT2D eigenvalue weighted by Crippen LogP contribution is 2.55. The van der Waals surface area contributed by atoms with E-state index in [1.54, 1.807) is 0 Å². The zero-order chi connectivity index (χ0) is 23.6. The second kappa shape index (κ2) is 7.71. The van der Waals surface area contributed by atoms with Crippen molar-refractivity contribution >= 4 is 11.4 Å². The second-order valence-electron chi connectivity index (χ2n) is 11.1. The highest BCUT2D eigenvalue weighted by Gasteiger charge is 2.45. The summed E-state index contributed by atoms with van der Waals surface area (Å²) in [4.78, 5) is 0. The molecule has 1 nitrogen and oxygen atoms in total. The number of hydrogen-bond donors (Lipinski definition) is 1. The van der Waals surface area contributed by atoms with Crippen LogP contribution in [0.15, 0.2) is 97.1 Å². The average molecular weight is 454 g/mol. The SMILES string of the molecule is CC1(C)c2cc(-c3ccc(Nc4ccc5c(c4)Cc4ccccc4-5)cc3)ccc2C2C=CCCC21. The summed E-state index contributed by atoms with van der Waals surface area (Å²) >= 11 is 0. The molecule has 0 aromatic heterocycles. The zero-order valence-corrected chi connectivity index (χ0v) is 20.5. The number of hydrogen-bond acceptors (Lipinski definition) is 1. The predicted molar refractivity (Wildman–Crippen MR) is 147 cm³/mol. The van der Waals surface area contributed by atoms with Gasteiger partial charge in [0.2, 0.25) is 0 Å². The zero-order valence-electron chi connectivity index (χ0n) is 20.5. The summed E-state index contributed by atoms with van der Waals surface area (Å²) in [6.07, 6.45) is 8.38. The molecule has 35 heavy (non-hydrogen) atoms. The van der Waals surface area contributed by atoms with Gasteiger partial charge in [-0.15, -0.1) is 0 Å². The van der Waals surface area contributed by atoms with Crippen LogP contribution >= 0.6 is 0 Å². The van der Waals surface area contributed by atoms with Gasteiger partial charge in [-0.1, -0.05) is 86.7 Å². The molecule has 0 aliphatic heterocycles. The molecule has 172 valence electrons. The molecule has 2 atom stereocenters. The van der Waals surface area contributed by atoms with E-state index < -0.39 is 0 Å². The summed E-state index contributed by atoms with van der Waals surface area (Å²) in [6, 6.07) is 31.6. The van der Waals surface area contributed by atoms with Crippen LogP contribution in [0.3, 0.4) is 0 Å². The number of benzene rings is 4. The Morgan fingerprint density at radius 2 is 1.51 bits per heavy atom. The minimum Gasteiger partial charge on any atom is -0.356 e. The lowest BCUT2D eigenvalue weighted by Crippen LogP contribution is -2.26. The minimum absolute atomic E-state index is 0.232. The highest BCUT2D eigenvalue weighted by atomic mass is 14.9. The fraction of sp³-hybridized carbons (Fsp3) is 0.235. The Kier molecular flexibility index (Phi) is 4.58. The van der Waals surface area contributed by atoms with Gasteiger partial charge >= 0.3 is 0 Å². The Balaban J connectivity index is 1.13. The van der Waals surface area contributed by atoms with Crippen LogP contribution in [-0.4, -0.2) is 0 Å². The lowest BCUT2D eigenvalue weighted by Gasteiger charge is -2.32. The van der Waals surface area contributed by atoms with Crippen LogP contribution in [0.2, 0.25) is 0 Å². The number of allylic oxidation sites excluding steroid dienone is 2. The van der Waals surface area contributed by atoms with Crippen molar-refractivity contribution in [2.45, 2.75) is 44.4 Å². The molecule has 0 radical (unpaired) electrons. The van der Waals surface area contributed by atoms with E-state index in [1.807, 2.05) is 0 Å². The molecule has 0 amide bonds. The molecule has 3 aliphatic rings. The molecular weight excluding hydrogens is 422 g/mol. The van der Waals surface area contributed by atoms with Crippen molar-refractivity contribution in [2.24, 2.45) is 5.92 Å². The maximum Gasteiger partial charge on any atom is 0.0387 e. The van der Waals surface area contributed by atoms with E-state index in [2.05, 4.69) is 116 Å². The monoisotopic (exact) mass is 453 g/mol. The first-order valence-corrected chi connectivity index (χ1v) is 13.0. The third-order valence-electron chi connectivity index (χ3n) is 8.76. The molecule has 0 heterocycles. The van der Waals surface area contributed by atoms with E-state index in [1.165, 1.54) is 57.3 Å². The van der Waals surface area contributed by atoms with E-state index in [0.717, 1.165) is 23.7 Å².